The van der Waals surface area contributed by atoms with Gasteiger partial charge in [-0.3, -0.25) is 19.2 Å². The maximum atomic E-state index is 11.3. The third kappa shape index (κ3) is 8.21. The number of rotatable bonds is 9. The SMILES string of the molecule is O=C(O)[C@H](Cc1ccc(O)cc1)NC(CS(=O)(=O)O)CS(=O)(=O)O. The number of phenolic OH excluding ortho intramolecular Hbond substituents is 1. The summed E-state index contributed by atoms with van der Waals surface area (Å²) in [6.45, 7) is 0. The van der Waals surface area contributed by atoms with Crippen molar-refractivity contribution in [2.24, 2.45) is 0 Å². The molecule has 0 aliphatic rings. The van der Waals surface area contributed by atoms with Gasteiger partial charge < -0.3 is 10.2 Å². The van der Waals surface area contributed by atoms with Crippen LogP contribution >= 0.6 is 0 Å². The van der Waals surface area contributed by atoms with Gasteiger partial charge in [-0.05, 0) is 24.1 Å². The number of hydrogen-bond acceptors (Lipinski definition) is 7. The number of carboxylic acid groups (broad SMARTS) is 1. The largest absolute Gasteiger partial charge is 0.508 e. The number of aliphatic carboxylic acids is 1. The Kier molecular flexibility index (Phi) is 6.68. The summed E-state index contributed by atoms with van der Waals surface area (Å²) in [7, 11) is -9.22. The lowest BCUT2D eigenvalue weighted by atomic mass is 10.1. The average Bonchev–Trinajstić information content (AvgIpc) is 2.36. The fourth-order valence-electron chi connectivity index (χ4n) is 2.02. The zero-order chi connectivity index (χ0) is 18.5. The van der Waals surface area contributed by atoms with E-state index in [4.69, 9.17) is 9.11 Å². The molecule has 1 aromatic rings. The number of hydrogen-bond donors (Lipinski definition) is 5. The molecule has 0 aliphatic heterocycles. The summed E-state index contributed by atoms with van der Waals surface area (Å²) in [5, 5.41) is 20.7. The Hall–Kier alpha value is -1.73. The summed E-state index contributed by atoms with van der Waals surface area (Å²) >= 11 is 0. The first-order valence-corrected chi connectivity index (χ1v) is 9.74. The van der Waals surface area contributed by atoms with Gasteiger partial charge in [0, 0.05) is 6.04 Å². The van der Waals surface area contributed by atoms with Crippen LogP contribution in [0.4, 0.5) is 0 Å². The molecule has 0 bridgehead atoms. The van der Waals surface area contributed by atoms with Crippen LogP contribution in [-0.4, -0.2) is 65.7 Å². The second-order valence-corrected chi connectivity index (χ2v) is 8.12. The summed E-state index contributed by atoms with van der Waals surface area (Å²) in [5.74, 6) is -3.61. The minimum atomic E-state index is -4.61. The standard InChI is InChI=1S/C12H17NO9S2/c14-10-3-1-8(2-4-10)5-11(12(15)16)13-9(6-23(17,18)19)7-24(20,21)22/h1-4,9,11,13-14H,5-7H2,(H,15,16)(H,17,18,19)(H,20,21,22)/t11-/m0/s1. The monoisotopic (exact) mass is 383 g/mol. The van der Waals surface area contributed by atoms with Crippen LogP contribution in [0.5, 0.6) is 5.75 Å². The van der Waals surface area contributed by atoms with Crippen molar-refractivity contribution in [1.29, 1.82) is 0 Å². The maximum Gasteiger partial charge on any atom is 0.321 e. The Bertz CT molecular complexity index is 737. The van der Waals surface area contributed by atoms with Crippen LogP contribution in [0.2, 0.25) is 0 Å². The topological polar surface area (TPSA) is 178 Å². The van der Waals surface area contributed by atoms with Crippen molar-refractivity contribution in [3.05, 3.63) is 29.8 Å². The number of carbonyl (C=O) groups is 1. The van der Waals surface area contributed by atoms with E-state index >= 15 is 0 Å². The minimum Gasteiger partial charge on any atom is -0.508 e. The van der Waals surface area contributed by atoms with Crippen molar-refractivity contribution in [2.75, 3.05) is 11.5 Å². The highest BCUT2D eigenvalue weighted by Gasteiger charge is 2.28. The van der Waals surface area contributed by atoms with E-state index in [2.05, 4.69) is 5.32 Å². The predicted octanol–water partition coefficient (Wildman–Crippen LogP) is -0.878. The second-order valence-electron chi connectivity index (χ2n) is 5.12. The summed E-state index contributed by atoms with van der Waals surface area (Å²) < 4.78 is 61.4. The van der Waals surface area contributed by atoms with Crippen molar-refractivity contribution in [1.82, 2.24) is 5.32 Å². The zero-order valence-electron chi connectivity index (χ0n) is 12.2. The van der Waals surface area contributed by atoms with Crippen molar-refractivity contribution in [3.8, 4) is 5.75 Å². The second kappa shape index (κ2) is 7.90. The van der Waals surface area contributed by atoms with E-state index in [-0.39, 0.29) is 12.2 Å². The molecular formula is C12H17NO9S2. The Morgan fingerprint density at radius 2 is 1.46 bits per heavy atom. The first kappa shape index (κ1) is 20.3. The molecule has 0 radical (unpaired) electrons. The van der Waals surface area contributed by atoms with E-state index in [1.165, 1.54) is 24.3 Å². The third-order valence-electron chi connectivity index (χ3n) is 2.93. The molecule has 0 heterocycles. The van der Waals surface area contributed by atoms with Gasteiger partial charge in [0.2, 0.25) is 0 Å². The van der Waals surface area contributed by atoms with E-state index in [1.54, 1.807) is 0 Å². The molecule has 0 saturated carbocycles. The summed E-state index contributed by atoms with van der Waals surface area (Å²) in [4.78, 5) is 11.3. The summed E-state index contributed by atoms with van der Waals surface area (Å²) in [5.41, 5.74) is 0.477. The van der Waals surface area contributed by atoms with E-state index in [0.29, 0.717) is 5.56 Å². The van der Waals surface area contributed by atoms with Crippen LogP contribution in [0.3, 0.4) is 0 Å². The van der Waals surface area contributed by atoms with Gasteiger partial charge in [0.15, 0.2) is 0 Å². The quantitative estimate of drug-likeness (QED) is 0.336. The van der Waals surface area contributed by atoms with Gasteiger partial charge in [0.25, 0.3) is 20.2 Å². The molecule has 1 aromatic carbocycles. The summed E-state index contributed by atoms with van der Waals surface area (Å²) in [6.07, 6.45) is -0.150. The molecule has 0 aromatic heterocycles. The molecule has 136 valence electrons. The molecule has 0 fully saturated rings. The number of carboxylic acids is 1. The predicted molar refractivity (Wildman–Crippen MR) is 83.0 cm³/mol. The van der Waals surface area contributed by atoms with Gasteiger partial charge in [-0.1, -0.05) is 12.1 Å². The summed E-state index contributed by atoms with van der Waals surface area (Å²) in [6, 6.07) is 2.60. The van der Waals surface area contributed by atoms with Gasteiger partial charge in [0.1, 0.15) is 11.8 Å². The Balaban J connectivity index is 2.95. The van der Waals surface area contributed by atoms with Crippen LogP contribution in [0.15, 0.2) is 24.3 Å². The van der Waals surface area contributed by atoms with Gasteiger partial charge in [0.05, 0.1) is 11.5 Å². The smallest absolute Gasteiger partial charge is 0.321 e. The maximum absolute atomic E-state index is 11.3. The lowest BCUT2D eigenvalue weighted by Gasteiger charge is -2.21. The normalized spacial score (nSPS) is 13.8. The first-order valence-electron chi connectivity index (χ1n) is 6.53. The lowest BCUT2D eigenvalue weighted by molar-refractivity contribution is -0.139. The number of phenols is 1. The third-order valence-corrected chi connectivity index (χ3v) is 4.58. The van der Waals surface area contributed by atoms with Crippen LogP contribution in [-0.2, 0) is 31.5 Å². The van der Waals surface area contributed by atoms with Crippen LogP contribution < -0.4 is 5.32 Å². The van der Waals surface area contributed by atoms with Gasteiger partial charge in [-0.2, -0.15) is 16.8 Å². The number of aromatic hydroxyl groups is 1. The van der Waals surface area contributed by atoms with Crippen LogP contribution in [0.1, 0.15) is 5.56 Å². The minimum absolute atomic E-state index is 0.0331. The highest BCUT2D eigenvalue weighted by molar-refractivity contribution is 7.86. The van der Waals surface area contributed by atoms with E-state index in [9.17, 15) is 31.8 Å². The molecule has 12 heteroatoms. The molecule has 0 aliphatic carbocycles. The zero-order valence-corrected chi connectivity index (χ0v) is 13.9. The Morgan fingerprint density at radius 3 is 1.83 bits per heavy atom. The molecule has 24 heavy (non-hydrogen) atoms. The molecule has 5 N–H and O–H groups in total. The van der Waals surface area contributed by atoms with E-state index in [0.717, 1.165) is 0 Å². The molecule has 10 nitrogen and oxygen atoms in total. The Labute approximate surface area is 138 Å². The number of nitrogens with one attached hydrogen (secondary N) is 1. The lowest BCUT2D eigenvalue weighted by Crippen LogP contribution is -2.50. The highest BCUT2D eigenvalue weighted by Crippen LogP contribution is 2.12. The number of benzene rings is 1. The van der Waals surface area contributed by atoms with Crippen LogP contribution in [0.25, 0.3) is 0 Å². The molecule has 1 rings (SSSR count). The van der Waals surface area contributed by atoms with Gasteiger partial charge in [-0.15, -0.1) is 0 Å². The highest BCUT2D eigenvalue weighted by atomic mass is 32.2. The fourth-order valence-corrected chi connectivity index (χ4v) is 3.62. The van der Waals surface area contributed by atoms with E-state index in [1.807, 2.05) is 0 Å². The average molecular weight is 383 g/mol. The molecule has 1 atom stereocenters. The van der Waals surface area contributed by atoms with Gasteiger partial charge in [-0.25, -0.2) is 0 Å². The molecular weight excluding hydrogens is 366 g/mol. The van der Waals surface area contributed by atoms with Gasteiger partial charge >= 0.3 is 5.97 Å². The Morgan fingerprint density at radius 1 is 1.00 bits per heavy atom. The molecule has 0 spiro atoms. The van der Waals surface area contributed by atoms with Crippen molar-refractivity contribution in [2.45, 2.75) is 18.5 Å². The van der Waals surface area contributed by atoms with Crippen LogP contribution in [0, 0.1) is 0 Å². The van der Waals surface area contributed by atoms with Crippen molar-refractivity contribution >= 4 is 26.2 Å². The fraction of sp³-hybridized carbons (Fsp3) is 0.417. The molecule has 0 saturated heterocycles. The van der Waals surface area contributed by atoms with Crippen molar-refractivity contribution in [3.63, 3.8) is 0 Å². The van der Waals surface area contributed by atoms with Crippen molar-refractivity contribution < 1.29 is 40.9 Å². The molecule has 0 unspecified atom stereocenters. The van der Waals surface area contributed by atoms with E-state index < -0.39 is 49.8 Å². The molecule has 0 amide bonds. The first-order chi connectivity index (χ1) is 10.9.